The van der Waals surface area contributed by atoms with Crippen LogP contribution in [-0.2, 0) is 0 Å². The van der Waals surface area contributed by atoms with Gasteiger partial charge in [0.15, 0.2) is 5.95 Å². The molecule has 4 heteroatoms. The number of hydrogen-bond donors (Lipinski definition) is 2. The van der Waals surface area contributed by atoms with Crippen LogP contribution in [0.3, 0.4) is 0 Å². The summed E-state index contributed by atoms with van der Waals surface area (Å²) < 4.78 is 0. The molecular weight excluding hydrogens is 176 g/mol. The van der Waals surface area contributed by atoms with Crippen molar-refractivity contribution in [1.29, 1.82) is 0 Å². The van der Waals surface area contributed by atoms with Crippen LogP contribution in [0.4, 0.5) is 5.95 Å². The summed E-state index contributed by atoms with van der Waals surface area (Å²) >= 11 is 0. The Labute approximate surface area is 84.7 Å². The Balaban J connectivity index is 1.75. The van der Waals surface area contributed by atoms with Crippen LogP contribution < -0.4 is 5.32 Å². The number of aromatic nitrogens is 2. The summed E-state index contributed by atoms with van der Waals surface area (Å²) in [7, 11) is 2.19. The third-order valence-electron chi connectivity index (χ3n) is 2.78. The molecule has 0 saturated carbocycles. The molecule has 4 nitrogen and oxygen atoms in total. The highest BCUT2D eigenvalue weighted by molar-refractivity contribution is 5.22. The highest BCUT2D eigenvalue weighted by atomic mass is 15.1. The van der Waals surface area contributed by atoms with Crippen molar-refractivity contribution in [3.8, 4) is 0 Å². The number of piperidine rings is 1. The van der Waals surface area contributed by atoms with E-state index in [1.54, 1.807) is 6.20 Å². The molecule has 2 heterocycles. The summed E-state index contributed by atoms with van der Waals surface area (Å²) in [6.07, 6.45) is 6.27. The lowest BCUT2D eigenvalue weighted by Gasteiger charge is -2.29. The number of nitrogens with one attached hydrogen (secondary N) is 2. The van der Waals surface area contributed by atoms with Gasteiger partial charge in [-0.2, -0.15) is 0 Å². The predicted molar refractivity (Wildman–Crippen MR) is 57.3 cm³/mol. The zero-order chi connectivity index (χ0) is 9.80. The molecule has 2 N–H and O–H groups in total. The van der Waals surface area contributed by atoms with Crippen molar-refractivity contribution in [2.75, 3.05) is 32.0 Å². The van der Waals surface area contributed by atoms with Gasteiger partial charge in [-0.25, -0.2) is 4.98 Å². The topological polar surface area (TPSA) is 44.0 Å². The average Bonchev–Trinajstić information content (AvgIpc) is 2.67. The molecule has 0 aliphatic carbocycles. The Kier molecular flexibility index (Phi) is 3.03. The van der Waals surface area contributed by atoms with E-state index in [0.29, 0.717) is 0 Å². The van der Waals surface area contributed by atoms with Crippen molar-refractivity contribution < 1.29 is 0 Å². The lowest BCUT2D eigenvalue weighted by molar-refractivity contribution is 0.217. The van der Waals surface area contributed by atoms with Crippen molar-refractivity contribution >= 4 is 5.95 Å². The van der Waals surface area contributed by atoms with Crippen LogP contribution in [0.5, 0.6) is 0 Å². The summed E-state index contributed by atoms with van der Waals surface area (Å²) in [6.45, 7) is 3.48. The Morgan fingerprint density at radius 1 is 1.71 bits per heavy atom. The largest absolute Gasteiger partial charge is 0.356 e. The van der Waals surface area contributed by atoms with Crippen molar-refractivity contribution in [1.82, 2.24) is 14.9 Å². The van der Waals surface area contributed by atoms with Gasteiger partial charge in [-0.15, -0.1) is 0 Å². The Morgan fingerprint density at radius 3 is 3.36 bits per heavy atom. The first kappa shape index (κ1) is 9.52. The first-order valence-electron chi connectivity index (χ1n) is 5.26. The lowest BCUT2D eigenvalue weighted by atomic mass is 9.99. The maximum atomic E-state index is 4.14. The SMILES string of the molecule is CN1CCCC(CNc2ncc[nH]2)C1. The first-order valence-corrected chi connectivity index (χ1v) is 5.26. The normalized spacial score (nSPS) is 23.6. The molecule has 1 atom stereocenters. The summed E-state index contributed by atoms with van der Waals surface area (Å²) in [5.41, 5.74) is 0. The van der Waals surface area contributed by atoms with Crippen LogP contribution in [0.25, 0.3) is 0 Å². The van der Waals surface area contributed by atoms with Crippen molar-refractivity contribution in [2.45, 2.75) is 12.8 Å². The first-order chi connectivity index (χ1) is 6.84. The number of anilines is 1. The fourth-order valence-electron chi connectivity index (χ4n) is 2.04. The van der Waals surface area contributed by atoms with Gasteiger partial charge < -0.3 is 15.2 Å². The van der Waals surface area contributed by atoms with E-state index in [4.69, 9.17) is 0 Å². The van der Waals surface area contributed by atoms with E-state index in [1.807, 2.05) is 6.20 Å². The second-order valence-corrected chi connectivity index (χ2v) is 4.09. The predicted octanol–water partition coefficient (Wildman–Crippen LogP) is 1.16. The van der Waals surface area contributed by atoms with E-state index in [1.165, 1.54) is 25.9 Å². The molecule has 1 unspecified atom stereocenters. The summed E-state index contributed by atoms with van der Waals surface area (Å²) in [5.74, 6) is 1.65. The molecule has 14 heavy (non-hydrogen) atoms. The van der Waals surface area contributed by atoms with Crippen LogP contribution in [0.15, 0.2) is 12.4 Å². The van der Waals surface area contributed by atoms with Gasteiger partial charge >= 0.3 is 0 Å². The number of aromatic amines is 1. The highest BCUT2D eigenvalue weighted by Crippen LogP contribution is 2.14. The molecule has 0 bridgehead atoms. The Bertz CT molecular complexity index is 257. The molecule has 1 aromatic rings. The fraction of sp³-hybridized carbons (Fsp3) is 0.700. The summed E-state index contributed by atoms with van der Waals surface area (Å²) in [5, 5.41) is 3.32. The second-order valence-electron chi connectivity index (χ2n) is 4.09. The van der Waals surface area contributed by atoms with E-state index >= 15 is 0 Å². The zero-order valence-corrected chi connectivity index (χ0v) is 8.66. The summed E-state index contributed by atoms with van der Waals surface area (Å²) in [4.78, 5) is 9.59. The van der Waals surface area contributed by atoms with Gasteiger partial charge in [-0.1, -0.05) is 0 Å². The molecule has 1 aliphatic heterocycles. The van der Waals surface area contributed by atoms with E-state index in [-0.39, 0.29) is 0 Å². The molecule has 0 spiro atoms. The van der Waals surface area contributed by atoms with E-state index in [0.717, 1.165) is 18.4 Å². The number of hydrogen-bond acceptors (Lipinski definition) is 3. The Hall–Kier alpha value is -1.03. The maximum Gasteiger partial charge on any atom is 0.200 e. The number of likely N-dealkylation sites (tertiary alicyclic amines) is 1. The molecule has 1 fully saturated rings. The smallest absolute Gasteiger partial charge is 0.200 e. The highest BCUT2D eigenvalue weighted by Gasteiger charge is 2.16. The molecule has 2 rings (SSSR count). The maximum absolute atomic E-state index is 4.14. The average molecular weight is 194 g/mol. The minimum Gasteiger partial charge on any atom is -0.356 e. The standard InChI is InChI=1S/C10H18N4/c1-14-6-2-3-9(8-14)7-13-10-11-4-5-12-10/h4-5,9H,2-3,6-8H2,1H3,(H2,11,12,13). The van der Waals surface area contributed by atoms with Crippen molar-refractivity contribution in [3.05, 3.63) is 12.4 Å². The fourth-order valence-corrected chi connectivity index (χ4v) is 2.04. The summed E-state index contributed by atoms with van der Waals surface area (Å²) in [6, 6.07) is 0. The molecule has 1 aliphatic rings. The van der Waals surface area contributed by atoms with Crippen molar-refractivity contribution in [2.24, 2.45) is 5.92 Å². The number of rotatable bonds is 3. The molecule has 78 valence electrons. The molecule has 0 radical (unpaired) electrons. The minimum atomic E-state index is 0.763. The number of H-pyrrole nitrogens is 1. The lowest BCUT2D eigenvalue weighted by Crippen LogP contribution is -2.35. The van der Waals surface area contributed by atoms with Gasteiger partial charge in [-0.05, 0) is 32.4 Å². The third kappa shape index (κ3) is 2.48. The van der Waals surface area contributed by atoms with Crippen molar-refractivity contribution in [3.63, 3.8) is 0 Å². The van der Waals surface area contributed by atoms with Gasteiger partial charge in [0.1, 0.15) is 0 Å². The van der Waals surface area contributed by atoms with Crippen LogP contribution in [-0.4, -0.2) is 41.5 Å². The second kappa shape index (κ2) is 4.46. The minimum absolute atomic E-state index is 0.763. The van der Waals surface area contributed by atoms with Gasteiger partial charge in [0.25, 0.3) is 0 Å². The zero-order valence-electron chi connectivity index (χ0n) is 8.66. The number of imidazole rings is 1. The number of nitrogens with zero attached hydrogens (tertiary/aromatic N) is 2. The van der Waals surface area contributed by atoms with Crippen LogP contribution >= 0.6 is 0 Å². The van der Waals surface area contributed by atoms with Gasteiger partial charge in [-0.3, -0.25) is 0 Å². The van der Waals surface area contributed by atoms with Crippen LogP contribution in [0.2, 0.25) is 0 Å². The third-order valence-corrected chi connectivity index (χ3v) is 2.78. The molecule has 0 aromatic carbocycles. The van der Waals surface area contributed by atoms with E-state index in [9.17, 15) is 0 Å². The monoisotopic (exact) mass is 194 g/mol. The molecule has 1 saturated heterocycles. The molecular formula is C10H18N4. The van der Waals surface area contributed by atoms with E-state index in [2.05, 4.69) is 27.2 Å². The molecule has 1 aromatic heterocycles. The van der Waals surface area contributed by atoms with Gasteiger partial charge in [0.2, 0.25) is 0 Å². The van der Waals surface area contributed by atoms with Crippen LogP contribution in [0.1, 0.15) is 12.8 Å². The quantitative estimate of drug-likeness (QED) is 0.759. The Morgan fingerprint density at radius 2 is 2.64 bits per heavy atom. The van der Waals surface area contributed by atoms with Gasteiger partial charge in [0, 0.05) is 25.5 Å². The van der Waals surface area contributed by atoms with Gasteiger partial charge in [0.05, 0.1) is 0 Å². The van der Waals surface area contributed by atoms with E-state index < -0.39 is 0 Å². The molecule has 0 amide bonds. The van der Waals surface area contributed by atoms with Crippen LogP contribution in [0, 0.1) is 5.92 Å².